The molecule has 0 aromatic carbocycles. The van der Waals surface area contributed by atoms with Gasteiger partial charge in [0.05, 0.1) is 0 Å². The Morgan fingerprint density at radius 3 is 2.33 bits per heavy atom. The number of rotatable bonds is 8. The standard InChI is InChI=1S/C34H48O8/c1-16(15-35)17(2)29(39)31(42-21(6)37)19(4)27-26(41-20(5)36)14-33(8)23-10-9-22-18(3)28(38)30(40)25-13-34(22,25)24(23)11-12-32(27,33)7/h11,16,18-19,22-23,25-27,30-31,35,40H,2,9-10,12-15H2,1,3-8H3/t16-,18-,19-,22-,23+,25+,26-,27-,30+,31+,32+,33-,34-/m0/s1. The molecule has 0 bridgehead atoms. The van der Waals surface area contributed by atoms with E-state index in [9.17, 15) is 29.4 Å². The summed E-state index contributed by atoms with van der Waals surface area (Å²) in [5, 5.41) is 20.6. The molecule has 8 nitrogen and oxygen atoms in total. The van der Waals surface area contributed by atoms with Crippen LogP contribution in [0, 0.1) is 57.7 Å². The van der Waals surface area contributed by atoms with Crippen LogP contribution >= 0.6 is 0 Å². The number of fused-ring (bicyclic) bond motifs is 3. The molecular formula is C34H48O8. The Balaban J connectivity index is 1.56. The van der Waals surface area contributed by atoms with Crippen LogP contribution in [0.4, 0.5) is 0 Å². The van der Waals surface area contributed by atoms with Crippen LogP contribution in [-0.2, 0) is 28.7 Å². The zero-order valence-electron chi connectivity index (χ0n) is 26.1. The fraction of sp³-hybridized carbons (Fsp3) is 0.765. The Kier molecular flexibility index (Phi) is 7.70. The summed E-state index contributed by atoms with van der Waals surface area (Å²) >= 11 is 0. The topological polar surface area (TPSA) is 127 Å². The molecule has 0 aliphatic heterocycles. The Morgan fingerprint density at radius 1 is 1.07 bits per heavy atom. The summed E-state index contributed by atoms with van der Waals surface area (Å²) in [4.78, 5) is 51.3. The molecular weight excluding hydrogens is 536 g/mol. The second kappa shape index (κ2) is 10.4. The van der Waals surface area contributed by atoms with Crippen LogP contribution in [0.1, 0.15) is 80.6 Å². The van der Waals surface area contributed by atoms with Crippen molar-refractivity contribution in [3.63, 3.8) is 0 Å². The van der Waals surface area contributed by atoms with Crippen LogP contribution in [0.15, 0.2) is 23.8 Å². The Hall–Kier alpha value is -2.32. The fourth-order valence-electron chi connectivity index (χ4n) is 10.5. The van der Waals surface area contributed by atoms with Crippen LogP contribution in [0.3, 0.4) is 0 Å². The van der Waals surface area contributed by atoms with E-state index >= 15 is 0 Å². The molecule has 4 fully saturated rings. The van der Waals surface area contributed by atoms with Crippen LogP contribution in [0.2, 0.25) is 0 Å². The lowest BCUT2D eigenvalue weighted by molar-refractivity contribution is -0.163. The summed E-state index contributed by atoms with van der Waals surface area (Å²) < 4.78 is 11.7. The van der Waals surface area contributed by atoms with Crippen LogP contribution in [0.25, 0.3) is 0 Å². The van der Waals surface area contributed by atoms with E-state index in [0.717, 1.165) is 19.3 Å². The molecule has 0 aromatic heterocycles. The number of Topliss-reactive ketones (excluding diaryl/α,β-unsaturated/α-hetero) is 2. The van der Waals surface area contributed by atoms with Gasteiger partial charge in [-0.1, -0.05) is 52.8 Å². The molecule has 0 aromatic rings. The van der Waals surface area contributed by atoms with Gasteiger partial charge in [-0.05, 0) is 60.3 Å². The monoisotopic (exact) mass is 584 g/mol. The van der Waals surface area contributed by atoms with Gasteiger partial charge in [-0.3, -0.25) is 19.2 Å². The SMILES string of the molecule is C=C(C(=O)[C@H](OC(C)=O)[C@@H](C)[C@H]1[C@@H](OC(C)=O)C[C@@]2(C)[C@@H]3CC[C@H]4[C@H](C)C(=O)[C@H](O)[C@H]5C[C@]54C3=CC[C@]12C)[C@@H](C)CO. The third kappa shape index (κ3) is 4.21. The predicted molar refractivity (Wildman–Crippen MR) is 155 cm³/mol. The molecule has 5 aliphatic rings. The fourth-order valence-corrected chi connectivity index (χ4v) is 10.5. The van der Waals surface area contributed by atoms with Crippen LogP contribution in [0.5, 0.6) is 0 Å². The van der Waals surface area contributed by atoms with E-state index < -0.39 is 53.3 Å². The van der Waals surface area contributed by atoms with Gasteiger partial charge in [0, 0.05) is 55.5 Å². The van der Waals surface area contributed by atoms with E-state index in [1.165, 1.54) is 19.4 Å². The Morgan fingerprint density at radius 2 is 1.74 bits per heavy atom. The maximum absolute atomic E-state index is 13.7. The molecule has 1 spiro atoms. The minimum atomic E-state index is -1.13. The number of ether oxygens (including phenoxy) is 2. The van der Waals surface area contributed by atoms with E-state index in [-0.39, 0.29) is 58.4 Å². The predicted octanol–water partition coefficient (Wildman–Crippen LogP) is 4.21. The number of hydrogen-bond donors (Lipinski definition) is 2. The number of allylic oxidation sites excluding steroid dienone is 2. The van der Waals surface area contributed by atoms with Gasteiger partial charge in [-0.15, -0.1) is 0 Å². The smallest absolute Gasteiger partial charge is 0.303 e. The summed E-state index contributed by atoms with van der Waals surface area (Å²) in [6.07, 6.45) is 3.79. The van der Waals surface area contributed by atoms with Crippen molar-refractivity contribution < 1.29 is 38.9 Å². The van der Waals surface area contributed by atoms with Crippen molar-refractivity contribution in [1.82, 2.24) is 0 Å². The first-order chi connectivity index (χ1) is 19.6. The van der Waals surface area contributed by atoms with Gasteiger partial charge in [0.2, 0.25) is 0 Å². The molecule has 0 radical (unpaired) electrons. The summed E-state index contributed by atoms with van der Waals surface area (Å²) in [6.45, 7) is 16.4. The number of hydrogen-bond acceptors (Lipinski definition) is 8. The van der Waals surface area contributed by atoms with E-state index in [0.29, 0.717) is 12.8 Å². The first-order valence-electron chi connectivity index (χ1n) is 15.7. The van der Waals surface area contributed by atoms with Crippen LogP contribution < -0.4 is 0 Å². The zero-order chi connectivity index (χ0) is 31.1. The van der Waals surface area contributed by atoms with Gasteiger partial charge in [-0.25, -0.2) is 0 Å². The number of esters is 2. The molecule has 0 heterocycles. The Bertz CT molecular complexity index is 1240. The van der Waals surface area contributed by atoms with Gasteiger partial charge in [0.15, 0.2) is 17.7 Å². The maximum atomic E-state index is 13.7. The minimum Gasteiger partial charge on any atom is -0.462 e. The molecule has 4 saturated carbocycles. The highest BCUT2D eigenvalue weighted by molar-refractivity contribution is 5.99. The third-order valence-corrected chi connectivity index (χ3v) is 12.8. The second-order valence-electron chi connectivity index (χ2n) is 14.7. The second-order valence-corrected chi connectivity index (χ2v) is 14.7. The normalized spacial score (nSPS) is 43.8. The number of ketones is 2. The van der Waals surface area contributed by atoms with E-state index in [2.05, 4.69) is 26.5 Å². The molecule has 232 valence electrons. The van der Waals surface area contributed by atoms with Crippen molar-refractivity contribution in [2.24, 2.45) is 57.7 Å². The van der Waals surface area contributed by atoms with Crippen LogP contribution in [-0.4, -0.2) is 58.6 Å². The van der Waals surface area contributed by atoms with Crippen molar-refractivity contribution in [1.29, 1.82) is 0 Å². The molecule has 42 heavy (non-hydrogen) atoms. The lowest BCUT2D eigenvalue weighted by atomic mass is 9.45. The van der Waals surface area contributed by atoms with Gasteiger partial charge < -0.3 is 19.7 Å². The number of aliphatic hydroxyl groups excluding tert-OH is 2. The molecule has 0 saturated heterocycles. The minimum absolute atomic E-state index is 0.0213. The lowest BCUT2D eigenvalue weighted by Gasteiger charge is -2.58. The molecule has 8 heteroatoms. The summed E-state index contributed by atoms with van der Waals surface area (Å²) in [5.41, 5.74) is 0.738. The van der Waals surface area contributed by atoms with E-state index in [1.54, 1.807) is 6.92 Å². The van der Waals surface area contributed by atoms with Gasteiger partial charge in [0.1, 0.15) is 12.2 Å². The molecule has 2 N–H and O–H groups in total. The number of carbonyl (C=O) groups excluding carboxylic acids is 4. The van der Waals surface area contributed by atoms with Crippen molar-refractivity contribution in [3.8, 4) is 0 Å². The zero-order valence-corrected chi connectivity index (χ0v) is 26.1. The van der Waals surface area contributed by atoms with Gasteiger partial charge >= 0.3 is 11.9 Å². The highest BCUT2D eigenvalue weighted by Crippen LogP contribution is 2.79. The molecule has 5 rings (SSSR count). The van der Waals surface area contributed by atoms with Crippen molar-refractivity contribution in [2.45, 2.75) is 98.9 Å². The largest absolute Gasteiger partial charge is 0.462 e. The van der Waals surface area contributed by atoms with Gasteiger partial charge in [0.25, 0.3) is 0 Å². The molecule has 0 unspecified atom stereocenters. The van der Waals surface area contributed by atoms with Crippen molar-refractivity contribution in [3.05, 3.63) is 23.8 Å². The van der Waals surface area contributed by atoms with Crippen molar-refractivity contribution >= 4 is 23.5 Å². The van der Waals surface area contributed by atoms with E-state index in [4.69, 9.17) is 9.47 Å². The highest BCUT2D eigenvalue weighted by atomic mass is 16.6. The quantitative estimate of drug-likeness (QED) is 0.247. The number of aliphatic hydroxyl groups is 2. The molecule has 5 aliphatic carbocycles. The Labute approximate surface area is 249 Å². The number of carbonyl (C=O) groups is 4. The third-order valence-electron chi connectivity index (χ3n) is 12.8. The average molecular weight is 585 g/mol. The first-order valence-corrected chi connectivity index (χ1v) is 15.7. The highest BCUT2D eigenvalue weighted by Gasteiger charge is 2.75. The van der Waals surface area contributed by atoms with Gasteiger partial charge in [-0.2, -0.15) is 0 Å². The summed E-state index contributed by atoms with van der Waals surface area (Å²) in [6, 6.07) is 0. The maximum Gasteiger partial charge on any atom is 0.303 e. The summed E-state index contributed by atoms with van der Waals surface area (Å²) in [7, 11) is 0. The van der Waals surface area contributed by atoms with Crippen molar-refractivity contribution in [2.75, 3.05) is 6.61 Å². The lowest BCUT2D eigenvalue weighted by Crippen LogP contribution is -2.54. The first kappa shape index (κ1) is 31.1. The summed E-state index contributed by atoms with van der Waals surface area (Å²) in [5.74, 6) is -2.46. The molecule has 0 amide bonds. The average Bonchev–Trinajstić information content (AvgIpc) is 3.61. The molecule has 13 atom stereocenters. The van der Waals surface area contributed by atoms with E-state index in [1.807, 2.05) is 13.8 Å².